The van der Waals surface area contributed by atoms with Gasteiger partial charge < -0.3 is 79.0 Å². The van der Waals surface area contributed by atoms with E-state index in [-0.39, 0.29) is 6.04 Å². The van der Waals surface area contributed by atoms with E-state index >= 15 is 0 Å². The summed E-state index contributed by atoms with van der Waals surface area (Å²) < 4.78 is 0. The van der Waals surface area contributed by atoms with Gasteiger partial charge in [0.15, 0.2) is 0 Å². The Morgan fingerprint density at radius 2 is 0.422 bits per heavy atom. The highest BCUT2D eigenvalue weighted by atomic mass is 15.3. The molecule has 0 spiro atoms. The van der Waals surface area contributed by atoms with Crippen molar-refractivity contribution in [1.29, 1.82) is 0 Å². The molecule has 22 nitrogen and oxygen atoms in total. The number of nitrogens with zero attached hydrogens (tertiary/aromatic N) is 9. The van der Waals surface area contributed by atoms with Gasteiger partial charge in [-0.25, -0.2) is 0 Å². The van der Waals surface area contributed by atoms with Crippen molar-refractivity contribution in [2.45, 2.75) is 12.5 Å². The second-order valence-electron chi connectivity index (χ2n) is 17.0. The zero-order valence-electron chi connectivity index (χ0n) is 41.0. The van der Waals surface area contributed by atoms with E-state index in [0.717, 1.165) is 196 Å². The normalized spacial score (nSPS) is 13.1. The molecule has 64 heavy (non-hydrogen) atoms. The van der Waals surface area contributed by atoms with Crippen LogP contribution in [0.2, 0.25) is 0 Å². The van der Waals surface area contributed by atoms with Gasteiger partial charge in [-0.3, -0.25) is 39.2 Å². The molecule has 0 saturated heterocycles. The van der Waals surface area contributed by atoms with Gasteiger partial charge in [0.1, 0.15) is 0 Å². The summed E-state index contributed by atoms with van der Waals surface area (Å²) in [7, 11) is 0. The molecule has 0 bridgehead atoms. The van der Waals surface area contributed by atoms with Gasteiger partial charge in [-0.15, -0.1) is 0 Å². The topological polar surface area (TPSA) is 353 Å². The van der Waals surface area contributed by atoms with E-state index in [2.05, 4.69) is 49.4 Å². The fourth-order valence-corrected chi connectivity index (χ4v) is 8.05. The molecule has 1 atom stereocenters. The number of nitrogens with one attached hydrogen (secondary N) is 1. The van der Waals surface area contributed by atoms with Crippen LogP contribution >= 0.6 is 0 Å². The fraction of sp³-hybridized carbons (Fsp3) is 1.00. The molecule has 0 rings (SSSR count). The largest absolute Gasteiger partial charge is 0.329 e. The van der Waals surface area contributed by atoms with E-state index in [0.29, 0.717) is 72.0 Å². The molecule has 0 saturated carbocycles. The zero-order chi connectivity index (χ0) is 47.5. The predicted octanol–water partition coefficient (Wildman–Crippen LogP) is -8.44. The van der Waals surface area contributed by atoms with Gasteiger partial charge in [0.05, 0.1) is 0 Å². The summed E-state index contributed by atoms with van der Waals surface area (Å²) in [5.41, 5.74) is 72.4. The number of hydrogen-bond donors (Lipinski definition) is 13. The lowest BCUT2D eigenvalue weighted by Gasteiger charge is -2.32. The van der Waals surface area contributed by atoms with E-state index in [1.54, 1.807) is 0 Å². The summed E-state index contributed by atoms with van der Waals surface area (Å²) in [6, 6.07) is 0.0143. The van der Waals surface area contributed by atoms with Crippen molar-refractivity contribution in [2.75, 3.05) is 262 Å². The van der Waals surface area contributed by atoms with E-state index in [1.165, 1.54) is 0 Å². The minimum atomic E-state index is 0.0143. The summed E-state index contributed by atoms with van der Waals surface area (Å²) in [6.07, 6.45) is 0.885. The lowest BCUT2D eigenvalue weighted by Crippen LogP contribution is -2.48. The van der Waals surface area contributed by atoms with Crippen molar-refractivity contribution in [1.82, 2.24) is 49.4 Å². The van der Waals surface area contributed by atoms with Gasteiger partial charge in [-0.1, -0.05) is 0 Å². The van der Waals surface area contributed by atoms with Crippen LogP contribution in [0.1, 0.15) is 6.42 Å². The molecule has 0 radical (unpaired) electrons. The third kappa shape index (κ3) is 35.3. The number of nitrogens with two attached hydrogens (primary N) is 12. The van der Waals surface area contributed by atoms with Gasteiger partial charge in [-0.2, -0.15) is 0 Å². The average Bonchev–Trinajstić information content (AvgIpc) is 3.27. The fourth-order valence-electron chi connectivity index (χ4n) is 8.05. The standard InChI is InChI=1S/C42H108N22/c43-2-16-57(17-3-44)31-29-56(30-32-58(18-4-45)19-5-46)15-1-42(54)41-64(26-12-53)40-39-63(38-35-61(24-10-51)25-11-52)28-14-55-13-27-62(36-33-59(20-6-47)21-7-48)37-34-60(22-8-49)23-9-50/h42,55H,1-41,43-54H2. The Balaban J connectivity index is 5.66. The van der Waals surface area contributed by atoms with Crippen molar-refractivity contribution < 1.29 is 0 Å². The third-order valence-electron chi connectivity index (χ3n) is 11.8. The zero-order valence-corrected chi connectivity index (χ0v) is 41.0. The molecule has 22 heteroatoms. The maximum atomic E-state index is 6.92. The van der Waals surface area contributed by atoms with Crippen molar-refractivity contribution in [2.24, 2.45) is 68.8 Å². The van der Waals surface area contributed by atoms with Gasteiger partial charge >= 0.3 is 0 Å². The molecule has 386 valence electrons. The summed E-state index contributed by atoms with van der Waals surface area (Å²) in [5, 5.41) is 3.76. The second kappa shape index (κ2) is 45.9. The molecule has 1 unspecified atom stereocenters. The van der Waals surface area contributed by atoms with Crippen molar-refractivity contribution >= 4 is 0 Å². The minimum Gasteiger partial charge on any atom is -0.329 e. The highest BCUT2D eigenvalue weighted by Crippen LogP contribution is 2.03. The quantitative estimate of drug-likeness (QED) is 0.0252. The van der Waals surface area contributed by atoms with Crippen LogP contribution < -0.4 is 74.1 Å². The van der Waals surface area contributed by atoms with Crippen LogP contribution in [-0.4, -0.2) is 312 Å². The van der Waals surface area contributed by atoms with Crippen LogP contribution in [0.25, 0.3) is 0 Å². The first-order valence-electron chi connectivity index (χ1n) is 24.9. The Morgan fingerprint density at radius 1 is 0.234 bits per heavy atom. The SMILES string of the molecule is NCCN(CCN)CCN(CCNCCN(CCN(CCN)CCN)CCN(CCN)CC(N)CCN(CCN(CCN)CCN)CCN(CCN)CCN)CCN(CCN)CCN. The van der Waals surface area contributed by atoms with E-state index in [1.807, 2.05) is 0 Å². The summed E-state index contributed by atoms with van der Waals surface area (Å²) in [5.74, 6) is 0. The van der Waals surface area contributed by atoms with Crippen LogP contribution in [0.4, 0.5) is 0 Å². The monoisotopic (exact) mass is 921 g/mol. The van der Waals surface area contributed by atoms with Crippen LogP contribution in [0, 0.1) is 0 Å². The summed E-state index contributed by atoms with van der Waals surface area (Å²) in [6.45, 7) is 32.5. The van der Waals surface area contributed by atoms with E-state index < -0.39 is 0 Å². The summed E-state index contributed by atoms with van der Waals surface area (Å²) in [4.78, 5) is 21.8. The molecule has 0 aromatic carbocycles. The first-order valence-corrected chi connectivity index (χ1v) is 24.9. The van der Waals surface area contributed by atoms with Gasteiger partial charge in [0.2, 0.25) is 0 Å². The lowest BCUT2D eigenvalue weighted by molar-refractivity contribution is 0.162. The Morgan fingerprint density at radius 3 is 0.656 bits per heavy atom. The van der Waals surface area contributed by atoms with Crippen LogP contribution in [-0.2, 0) is 0 Å². The molecule has 0 aromatic rings. The molecule has 0 fully saturated rings. The second-order valence-corrected chi connectivity index (χ2v) is 17.0. The first-order chi connectivity index (χ1) is 31.2. The Kier molecular flexibility index (Phi) is 45.2. The maximum Gasteiger partial charge on any atom is 0.0180 e. The van der Waals surface area contributed by atoms with Crippen LogP contribution in [0.5, 0.6) is 0 Å². The maximum absolute atomic E-state index is 6.92. The molecule has 0 aromatic heterocycles. The number of hydrogen-bond acceptors (Lipinski definition) is 22. The van der Waals surface area contributed by atoms with Crippen LogP contribution in [0.3, 0.4) is 0 Å². The molecular weight excluding hydrogens is 813 g/mol. The molecule has 0 aliphatic heterocycles. The molecular formula is C42H108N22. The average molecular weight is 921 g/mol. The van der Waals surface area contributed by atoms with Gasteiger partial charge in [0, 0.05) is 261 Å². The van der Waals surface area contributed by atoms with E-state index in [4.69, 9.17) is 68.8 Å². The van der Waals surface area contributed by atoms with Crippen molar-refractivity contribution in [3.05, 3.63) is 0 Å². The molecule has 0 heterocycles. The number of rotatable bonds is 51. The smallest absolute Gasteiger partial charge is 0.0180 e. The Bertz CT molecular complexity index is 878. The molecule has 0 amide bonds. The first kappa shape index (κ1) is 63.1. The van der Waals surface area contributed by atoms with Gasteiger partial charge in [-0.05, 0) is 13.0 Å². The van der Waals surface area contributed by atoms with Crippen LogP contribution in [0.15, 0.2) is 0 Å². The third-order valence-corrected chi connectivity index (χ3v) is 11.8. The lowest BCUT2D eigenvalue weighted by atomic mass is 10.2. The molecule has 0 aliphatic rings. The Hall–Kier alpha value is -0.880. The van der Waals surface area contributed by atoms with Crippen molar-refractivity contribution in [3.8, 4) is 0 Å². The van der Waals surface area contributed by atoms with Crippen molar-refractivity contribution in [3.63, 3.8) is 0 Å². The predicted molar refractivity (Wildman–Crippen MR) is 273 cm³/mol. The van der Waals surface area contributed by atoms with Gasteiger partial charge in [0.25, 0.3) is 0 Å². The Labute approximate surface area is 391 Å². The molecule has 0 aliphatic carbocycles. The summed E-state index contributed by atoms with van der Waals surface area (Å²) >= 11 is 0. The minimum absolute atomic E-state index is 0.0143. The highest BCUT2D eigenvalue weighted by Gasteiger charge is 2.18. The van der Waals surface area contributed by atoms with E-state index in [9.17, 15) is 0 Å². The highest BCUT2D eigenvalue weighted by molar-refractivity contribution is 4.76. The molecule has 25 N–H and O–H groups in total.